The molecule has 20 heavy (non-hydrogen) atoms. The summed E-state index contributed by atoms with van der Waals surface area (Å²) in [5.41, 5.74) is 4.01. The summed E-state index contributed by atoms with van der Waals surface area (Å²) in [5.74, 6) is 0. The molecule has 3 rings (SSSR count). The Balaban J connectivity index is 1.78. The summed E-state index contributed by atoms with van der Waals surface area (Å²) in [5, 5.41) is 3.45. The van der Waals surface area contributed by atoms with E-state index in [2.05, 4.69) is 71.7 Å². The molecule has 0 aromatic heterocycles. The van der Waals surface area contributed by atoms with Gasteiger partial charge in [0.15, 0.2) is 0 Å². The summed E-state index contributed by atoms with van der Waals surface area (Å²) in [6.45, 7) is 6.68. The van der Waals surface area contributed by atoms with Crippen molar-refractivity contribution >= 4 is 0 Å². The zero-order valence-corrected chi connectivity index (χ0v) is 12.0. The Morgan fingerprint density at radius 3 is 2.65 bits per heavy atom. The third-order valence-electron chi connectivity index (χ3n) is 4.06. The number of hydrogen-bond donors (Lipinski definition) is 1. The molecular weight excluding hydrogens is 244 g/mol. The van der Waals surface area contributed by atoms with Crippen molar-refractivity contribution in [1.82, 2.24) is 10.2 Å². The first-order valence-electron chi connectivity index (χ1n) is 7.42. The highest BCUT2D eigenvalue weighted by Gasteiger charge is 2.17. The number of rotatable bonds is 3. The Morgan fingerprint density at radius 2 is 1.85 bits per heavy atom. The third-order valence-corrected chi connectivity index (χ3v) is 4.06. The Morgan fingerprint density at radius 1 is 1.05 bits per heavy atom. The van der Waals surface area contributed by atoms with Crippen LogP contribution in [0.4, 0.5) is 0 Å². The number of hydrogen-bond acceptors (Lipinski definition) is 2. The molecule has 2 heteroatoms. The predicted molar refractivity (Wildman–Crippen MR) is 84.6 cm³/mol. The molecule has 104 valence electrons. The van der Waals surface area contributed by atoms with E-state index < -0.39 is 0 Å². The van der Waals surface area contributed by atoms with E-state index in [0.29, 0.717) is 6.04 Å². The fourth-order valence-electron chi connectivity index (χ4n) is 2.83. The van der Waals surface area contributed by atoms with Gasteiger partial charge in [-0.05, 0) is 29.7 Å². The lowest BCUT2D eigenvalue weighted by atomic mass is 10.0. The smallest absolute Gasteiger partial charge is 0.0237 e. The van der Waals surface area contributed by atoms with Crippen LogP contribution in [-0.4, -0.2) is 30.6 Å². The summed E-state index contributed by atoms with van der Waals surface area (Å²) in [4.78, 5) is 2.56. The van der Waals surface area contributed by atoms with E-state index in [1.165, 1.54) is 16.7 Å². The fourth-order valence-corrected chi connectivity index (χ4v) is 2.83. The van der Waals surface area contributed by atoms with Gasteiger partial charge in [0.1, 0.15) is 0 Å². The Labute approximate surface area is 121 Å². The zero-order chi connectivity index (χ0) is 13.8. The van der Waals surface area contributed by atoms with Crippen molar-refractivity contribution in [2.75, 3.05) is 19.6 Å². The maximum Gasteiger partial charge on any atom is 0.0237 e. The highest BCUT2D eigenvalue weighted by molar-refractivity contribution is 5.63. The first kappa shape index (κ1) is 13.3. The van der Waals surface area contributed by atoms with Crippen LogP contribution in [0.3, 0.4) is 0 Å². The number of nitrogens with zero attached hydrogens (tertiary/aromatic N) is 1. The van der Waals surface area contributed by atoms with Gasteiger partial charge >= 0.3 is 0 Å². The molecule has 0 unspecified atom stereocenters. The Bertz CT molecular complexity index is 550. The van der Waals surface area contributed by atoms with Crippen molar-refractivity contribution in [1.29, 1.82) is 0 Å². The van der Waals surface area contributed by atoms with Crippen LogP contribution in [0.25, 0.3) is 11.1 Å². The predicted octanol–water partition coefficient (Wildman–Crippen LogP) is 3.15. The standard InChI is InChI=1S/C18H22N2/c1-15-13-19-10-11-20(15)14-16-6-5-9-18(12-16)17-7-3-2-4-8-17/h2-9,12,15,19H,10-11,13-14H2,1H3/t15-/m0/s1. The molecule has 0 saturated carbocycles. The fraction of sp³-hybridized carbons (Fsp3) is 0.333. The summed E-state index contributed by atoms with van der Waals surface area (Å²) in [6.07, 6.45) is 0. The average Bonchev–Trinajstić information content (AvgIpc) is 2.51. The van der Waals surface area contributed by atoms with Crippen molar-refractivity contribution < 1.29 is 0 Å². The molecule has 1 fully saturated rings. The Hall–Kier alpha value is -1.64. The van der Waals surface area contributed by atoms with Gasteiger partial charge in [0.2, 0.25) is 0 Å². The van der Waals surface area contributed by atoms with Crippen molar-refractivity contribution in [3.8, 4) is 11.1 Å². The monoisotopic (exact) mass is 266 g/mol. The van der Waals surface area contributed by atoms with Crippen LogP contribution in [0, 0.1) is 0 Å². The van der Waals surface area contributed by atoms with Crippen LogP contribution in [0.1, 0.15) is 12.5 Å². The van der Waals surface area contributed by atoms with Crippen molar-refractivity contribution in [3.05, 3.63) is 60.2 Å². The molecule has 2 aromatic rings. The minimum absolute atomic E-state index is 0.615. The Kier molecular flexibility index (Phi) is 4.14. The average molecular weight is 266 g/mol. The second kappa shape index (κ2) is 6.21. The summed E-state index contributed by atoms with van der Waals surface area (Å²) >= 11 is 0. The molecule has 0 bridgehead atoms. The van der Waals surface area contributed by atoms with Crippen molar-refractivity contribution in [3.63, 3.8) is 0 Å². The SMILES string of the molecule is C[C@H]1CNCCN1Cc1cccc(-c2ccccc2)c1. The lowest BCUT2D eigenvalue weighted by Gasteiger charge is -2.34. The topological polar surface area (TPSA) is 15.3 Å². The minimum atomic E-state index is 0.615. The van der Waals surface area contributed by atoms with Crippen LogP contribution in [-0.2, 0) is 6.54 Å². The molecule has 1 aliphatic rings. The van der Waals surface area contributed by atoms with Gasteiger partial charge in [-0.15, -0.1) is 0 Å². The highest BCUT2D eigenvalue weighted by atomic mass is 15.2. The second-order valence-electron chi connectivity index (χ2n) is 5.59. The van der Waals surface area contributed by atoms with Crippen molar-refractivity contribution in [2.45, 2.75) is 19.5 Å². The van der Waals surface area contributed by atoms with Gasteiger partial charge in [0.25, 0.3) is 0 Å². The third kappa shape index (κ3) is 3.09. The molecule has 0 spiro atoms. The summed E-state index contributed by atoms with van der Waals surface area (Å²) in [7, 11) is 0. The molecule has 1 N–H and O–H groups in total. The van der Waals surface area contributed by atoms with Gasteiger partial charge in [0, 0.05) is 32.2 Å². The molecule has 1 aliphatic heterocycles. The molecule has 2 nitrogen and oxygen atoms in total. The first-order chi connectivity index (χ1) is 9.83. The van der Waals surface area contributed by atoms with Crippen molar-refractivity contribution in [2.24, 2.45) is 0 Å². The second-order valence-corrected chi connectivity index (χ2v) is 5.59. The van der Waals surface area contributed by atoms with E-state index in [-0.39, 0.29) is 0 Å². The molecule has 0 aliphatic carbocycles. The summed E-state index contributed by atoms with van der Waals surface area (Å²) in [6, 6.07) is 20.1. The van der Waals surface area contributed by atoms with Gasteiger partial charge < -0.3 is 5.32 Å². The van der Waals surface area contributed by atoms with E-state index in [0.717, 1.165) is 26.2 Å². The van der Waals surface area contributed by atoms with Crippen LogP contribution >= 0.6 is 0 Å². The van der Waals surface area contributed by atoms with E-state index in [1.54, 1.807) is 0 Å². The van der Waals surface area contributed by atoms with Crippen LogP contribution in [0.2, 0.25) is 0 Å². The van der Waals surface area contributed by atoms with Crippen LogP contribution < -0.4 is 5.32 Å². The van der Waals surface area contributed by atoms with E-state index in [9.17, 15) is 0 Å². The van der Waals surface area contributed by atoms with Gasteiger partial charge in [-0.25, -0.2) is 0 Å². The molecule has 0 radical (unpaired) electrons. The first-order valence-corrected chi connectivity index (χ1v) is 7.42. The van der Waals surface area contributed by atoms with Gasteiger partial charge in [-0.2, -0.15) is 0 Å². The van der Waals surface area contributed by atoms with Gasteiger partial charge in [0.05, 0.1) is 0 Å². The number of benzene rings is 2. The van der Waals surface area contributed by atoms with E-state index >= 15 is 0 Å². The zero-order valence-electron chi connectivity index (χ0n) is 12.0. The quantitative estimate of drug-likeness (QED) is 0.918. The maximum absolute atomic E-state index is 3.45. The number of nitrogens with one attached hydrogen (secondary N) is 1. The minimum Gasteiger partial charge on any atom is -0.314 e. The number of piperazine rings is 1. The van der Waals surface area contributed by atoms with E-state index in [1.807, 2.05) is 0 Å². The highest BCUT2D eigenvalue weighted by Crippen LogP contribution is 2.21. The molecule has 1 heterocycles. The van der Waals surface area contributed by atoms with Gasteiger partial charge in [-0.1, -0.05) is 48.5 Å². The van der Waals surface area contributed by atoms with E-state index in [4.69, 9.17) is 0 Å². The molecule has 0 amide bonds. The van der Waals surface area contributed by atoms with Gasteiger partial charge in [-0.3, -0.25) is 4.90 Å². The van der Waals surface area contributed by atoms with Crippen LogP contribution in [0.5, 0.6) is 0 Å². The largest absolute Gasteiger partial charge is 0.314 e. The maximum atomic E-state index is 3.45. The molecule has 2 aromatic carbocycles. The molecule has 1 saturated heterocycles. The normalized spacial score (nSPS) is 19.9. The lowest BCUT2D eigenvalue weighted by molar-refractivity contribution is 0.165. The molecular formula is C18H22N2. The summed E-state index contributed by atoms with van der Waals surface area (Å²) < 4.78 is 0. The lowest BCUT2D eigenvalue weighted by Crippen LogP contribution is -2.49. The van der Waals surface area contributed by atoms with Crippen LogP contribution in [0.15, 0.2) is 54.6 Å². The molecule has 1 atom stereocenters.